The molecule has 0 aromatic heterocycles. The summed E-state index contributed by atoms with van der Waals surface area (Å²) in [5.74, 6) is -0.530. The van der Waals surface area contributed by atoms with Crippen molar-refractivity contribution in [3.05, 3.63) is 95.1 Å². The van der Waals surface area contributed by atoms with Crippen molar-refractivity contribution in [1.29, 1.82) is 0 Å². The van der Waals surface area contributed by atoms with Gasteiger partial charge in [-0.2, -0.15) is 0 Å². The second-order valence-corrected chi connectivity index (χ2v) is 10.5. The highest BCUT2D eigenvalue weighted by Crippen LogP contribution is 2.42. The van der Waals surface area contributed by atoms with Crippen LogP contribution in [-0.2, 0) is 9.59 Å². The van der Waals surface area contributed by atoms with Gasteiger partial charge in [-0.25, -0.2) is 0 Å². The molecule has 6 nitrogen and oxygen atoms in total. The maximum atomic E-state index is 13.5. The van der Waals surface area contributed by atoms with Crippen molar-refractivity contribution < 1.29 is 19.4 Å². The van der Waals surface area contributed by atoms with Gasteiger partial charge >= 0.3 is 0 Å². The molecule has 3 aromatic carbocycles. The number of benzene rings is 3. The minimum atomic E-state index is -0.763. The quantitative estimate of drug-likeness (QED) is 0.132. The molecule has 1 unspecified atom stereocenters. The summed E-state index contributed by atoms with van der Waals surface area (Å²) in [7, 11) is 3.89. The molecule has 3 aromatic rings. The zero-order valence-electron chi connectivity index (χ0n) is 23.5. The van der Waals surface area contributed by atoms with Crippen molar-refractivity contribution in [2.75, 3.05) is 30.5 Å². The highest BCUT2D eigenvalue weighted by molar-refractivity contribution is 6.51. The smallest absolute Gasteiger partial charge is 0.300 e. The molecule has 0 aliphatic carbocycles. The molecule has 204 valence electrons. The third-order valence-corrected chi connectivity index (χ3v) is 7.15. The van der Waals surface area contributed by atoms with Gasteiger partial charge in [0.15, 0.2) is 0 Å². The number of unbranched alkanes of at least 4 members (excludes halogenated alkanes) is 2. The summed E-state index contributed by atoms with van der Waals surface area (Å²) < 4.78 is 5.80. The van der Waals surface area contributed by atoms with E-state index in [1.807, 2.05) is 67.5 Å². The molecule has 39 heavy (non-hydrogen) atoms. The number of carbonyl (C=O) groups excluding carboxylic acids is 2. The molecule has 1 heterocycles. The Balaban J connectivity index is 1.76. The van der Waals surface area contributed by atoms with E-state index in [1.165, 1.54) is 4.90 Å². The molecule has 4 rings (SSSR count). The first-order valence-electron chi connectivity index (χ1n) is 13.6. The van der Waals surface area contributed by atoms with E-state index < -0.39 is 17.7 Å². The highest BCUT2D eigenvalue weighted by atomic mass is 16.5. The lowest BCUT2D eigenvalue weighted by molar-refractivity contribution is -0.132. The van der Waals surface area contributed by atoms with Gasteiger partial charge in [0.25, 0.3) is 11.7 Å². The number of hydrogen-bond acceptors (Lipinski definition) is 5. The lowest BCUT2D eigenvalue weighted by Crippen LogP contribution is -2.29. The predicted octanol–water partition coefficient (Wildman–Crippen LogP) is 7.07. The molecule has 0 radical (unpaired) electrons. The number of anilines is 2. The molecule has 0 spiro atoms. The Kier molecular flexibility index (Phi) is 8.75. The highest BCUT2D eigenvalue weighted by Gasteiger charge is 2.47. The Morgan fingerprint density at radius 3 is 2.13 bits per heavy atom. The van der Waals surface area contributed by atoms with Gasteiger partial charge < -0.3 is 14.7 Å². The summed E-state index contributed by atoms with van der Waals surface area (Å²) in [6.45, 7) is 7.00. The standard InChI is InChI=1S/C33H38N2O4/c1-6-7-8-21-39-28-19-13-25(14-20-28)31(36)29-30(24-11-9-23(10-12-24)22(2)3)35(33(38)32(29)37)27-17-15-26(16-18-27)34(4)5/h9-20,22,30,36H,6-8,21H2,1-5H3/b31-29+. The van der Waals surface area contributed by atoms with Gasteiger partial charge in [0, 0.05) is 31.0 Å². The van der Waals surface area contributed by atoms with E-state index in [2.05, 4.69) is 20.8 Å². The van der Waals surface area contributed by atoms with Gasteiger partial charge in [0.2, 0.25) is 0 Å². The van der Waals surface area contributed by atoms with E-state index in [1.54, 1.807) is 24.3 Å². The first-order valence-corrected chi connectivity index (χ1v) is 13.6. The van der Waals surface area contributed by atoms with Crippen LogP contribution in [0.15, 0.2) is 78.4 Å². The van der Waals surface area contributed by atoms with Gasteiger partial charge in [0.05, 0.1) is 18.2 Å². The summed E-state index contributed by atoms with van der Waals surface area (Å²) in [6.07, 6.45) is 3.20. The Morgan fingerprint density at radius 2 is 1.56 bits per heavy atom. The Hall–Kier alpha value is -4.06. The van der Waals surface area contributed by atoms with Crippen LogP contribution in [0.25, 0.3) is 5.76 Å². The van der Waals surface area contributed by atoms with E-state index in [9.17, 15) is 14.7 Å². The average Bonchev–Trinajstić information content (AvgIpc) is 3.21. The van der Waals surface area contributed by atoms with Crippen LogP contribution in [0.4, 0.5) is 11.4 Å². The molecule has 1 amide bonds. The topological polar surface area (TPSA) is 70.1 Å². The number of nitrogens with zero attached hydrogens (tertiary/aromatic N) is 2. The molecule has 1 N–H and O–H groups in total. The van der Waals surface area contributed by atoms with Crippen molar-refractivity contribution in [3.63, 3.8) is 0 Å². The number of Topliss-reactive ketones (excluding diaryl/α,β-unsaturated/α-hetero) is 1. The van der Waals surface area contributed by atoms with Crippen molar-refractivity contribution >= 4 is 28.8 Å². The summed E-state index contributed by atoms with van der Waals surface area (Å²) in [4.78, 5) is 30.4. The monoisotopic (exact) mass is 526 g/mol. The number of ether oxygens (including phenoxy) is 1. The lowest BCUT2D eigenvalue weighted by atomic mass is 9.93. The Bertz CT molecular complexity index is 1320. The second-order valence-electron chi connectivity index (χ2n) is 10.5. The molecule has 6 heteroatoms. The fourth-order valence-corrected chi connectivity index (χ4v) is 4.80. The number of aliphatic hydroxyl groups is 1. The molecule has 1 aliphatic rings. The first kappa shape index (κ1) is 28.0. The van der Waals surface area contributed by atoms with E-state index in [-0.39, 0.29) is 11.3 Å². The molecule has 0 bridgehead atoms. The van der Waals surface area contributed by atoms with Crippen LogP contribution in [0, 0.1) is 0 Å². The Labute approximate surface area is 231 Å². The van der Waals surface area contributed by atoms with E-state index in [4.69, 9.17) is 4.74 Å². The summed E-state index contributed by atoms with van der Waals surface area (Å²) >= 11 is 0. The fraction of sp³-hybridized carbons (Fsp3) is 0.333. The van der Waals surface area contributed by atoms with Crippen LogP contribution in [-0.4, -0.2) is 37.5 Å². The maximum Gasteiger partial charge on any atom is 0.300 e. The van der Waals surface area contributed by atoms with Gasteiger partial charge in [-0.15, -0.1) is 0 Å². The number of hydrogen-bond donors (Lipinski definition) is 1. The van der Waals surface area contributed by atoms with Crippen LogP contribution in [0.3, 0.4) is 0 Å². The zero-order chi connectivity index (χ0) is 28.1. The normalized spacial score (nSPS) is 16.7. The van der Waals surface area contributed by atoms with Gasteiger partial charge in [-0.05, 0) is 72.0 Å². The van der Waals surface area contributed by atoms with Crippen molar-refractivity contribution in [1.82, 2.24) is 0 Å². The number of amides is 1. The summed E-state index contributed by atoms with van der Waals surface area (Å²) in [6, 6.07) is 21.6. The van der Waals surface area contributed by atoms with Crippen molar-refractivity contribution in [2.24, 2.45) is 0 Å². The molecule has 0 saturated carbocycles. The summed E-state index contributed by atoms with van der Waals surface area (Å²) in [5, 5.41) is 11.4. The maximum absolute atomic E-state index is 13.5. The fourth-order valence-electron chi connectivity index (χ4n) is 4.80. The van der Waals surface area contributed by atoms with Crippen molar-refractivity contribution in [3.8, 4) is 5.75 Å². The van der Waals surface area contributed by atoms with Crippen LogP contribution in [0.2, 0.25) is 0 Å². The van der Waals surface area contributed by atoms with Crippen LogP contribution < -0.4 is 14.5 Å². The zero-order valence-corrected chi connectivity index (χ0v) is 23.5. The second kappa shape index (κ2) is 12.2. The largest absolute Gasteiger partial charge is 0.507 e. The number of carbonyl (C=O) groups is 2. The minimum Gasteiger partial charge on any atom is -0.507 e. The molecular weight excluding hydrogens is 488 g/mol. The minimum absolute atomic E-state index is 0.0746. The van der Waals surface area contributed by atoms with Gasteiger partial charge in [-0.3, -0.25) is 14.5 Å². The third kappa shape index (κ3) is 6.00. The number of aliphatic hydroxyl groups excluding tert-OH is 1. The van der Waals surface area contributed by atoms with Crippen LogP contribution in [0.5, 0.6) is 5.75 Å². The molecule has 1 saturated heterocycles. The summed E-state index contributed by atoms with van der Waals surface area (Å²) in [5.41, 5.74) is 4.01. The van der Waals surface area contributed by atoms with Crippen LogP contribution >= 0.6 is 0 Å². The van der Waals surface area contributed by atoms with Crippen molar-refractivity contribution in [2.45, 2.75) is 52.0 Å². The number of ketones is 1. The predicted molar refractivity (Wildman–Crippen MR) is 158 cm³/mol. The van der Waals surface area contributed by atoms with Crippen LogP contribution in [0.1, 0.15) is 68.7 Å². The first-order chi connectivity index (χ1) is 18.7. The van der Waals surface area contributed by atoms with E-state index in [0.717, 1.165) is 36.1 Å². The molecular formula is C33H38N2O4. The molecule has 1 aliphatic heterocycles. The average molecular weight is 527 g/mol. The number of rotatable bonds is 10. The van der Waals surface area contributed by atoms with E-state index >= 15 is 0 Å². The Morgan fingerprint density at radius 1 is 0.923 bits per heavy atom. The lowest BCUT2D eigenvalue weighted by Gasteiger charge is -2.26. The SMILES string of the molecule is CCCCCOc1ccc(/C(O)=C2\C(=O)C(=O)N(c3ccc(N(C)C)cc3)C2c2ccc(C(C)C)cc2)cc1. The van der Waals surface area contributed by atoms with Gasteiger partial charge in [-0.1, -0.05) is 57.9 Å². The third-order valence-electron chi connectivity index (χ3n) is 7.15. The molecule has 1 fully saturated rings. The van der Waals surface area contributed by atoms with E-state index in [0.29, 0.717) is 29.5 Å². The van der Waals surface area contributed by atoms with Gasteiger partial charge in [0.1, 0.15) is 11.5 Å². The molecule has 1 atom stereocenters.